The predicted octanol–water partition coefficient (Wildman–Crippen LogP) is 3.81. The molecule has 6 heteroatoms. The highest BCUT2D eigenvalue weighted by atomic mass is 32.1. The molecule has 2 aromatic carbocycles. The molecular formula is C16H15FN2O2S. The minimum absolute atomic E-state index is 0.252. The number of anilines is 2. The number of carbonyl (C=O) groups is 1. The Labute approximate surface area is 133 Å². The molecule has 0 unspecified atom stereocenters. The minimum atomic E-state index is -0.431. The molecule has 0 radical (unpaired) electrons. The molecule has 4 nitrogen and oxygen atoms in total. The van der Waals surface area contributed by atoms with Crippen molar-refractivity contribution < 1.29 is 13.9 Å². The van der Waals surface area contributed by atoms with Crippen molar-refractivity contribution >= 4 is 34.7 Å². The summed E-state index contributed by atoms with van der Waals surface area (Å²) in [5.74, 6) is -0.793. The van der Waals surface area contributed by atoms with Crippen molar-refractivity contribution in [2.75, 3.05) is 17.2 Å². The van der Waals surface area contributed by atoms with Crippen LogP contribution < -0.4 is 10.6 Å². The number of hydrogen-bond acceptors (Lipinski definition) is 3. The summed E-state index contributed by atoms with van der Waals surface area (Å²) in [7, 11) is 0. The van der Waals surface area contributed by atoms with E-state index in [-0.39, 0.29) is 10.9 Å². The molecule has 0 atom stereocenters. The van der Waals surface area contributed by atoms with E-state index in [1.54, 1.807) is 43.3 Å². The zero-order chi connectivity index (χ0) is 15.9. The SMILES string of the molecule is CCOC(=O)c1ccccc1NC(=S)Nc1cccc(F)c1. The molecule has 2 rings (SSSR count). The highest BCUT2D eigenvalue weighted by molar-refractivity contribution is 7.80. The normalized spacial score (nSPS) is 9.91. The van der Waals surface area contributed by atoms with Gasteiger partial charge in [-0.15, -0.1) is 0 Å². The maximum atomic E-state index is 13.1. The first-order chi connectivity index (χ1) is 10.6. The van der Waals surface area contributed by atoms with Crippen molar-refractivity contribution in [1.82, 2.24) is 0 Å². The van der Waals surface area contributed by atoms with Crippen LogP contribution in [0.25, 0.3) is 0 Å². The fourth-order valence-corrected chi connectivity index (χ4v) is 2.06. The summed E-state index contributed by atoms with van der Waals surface area (Å²) in [6, 6.07) is 12.8. The topological polar surface area (TPSA) is 50.4 Å². The highest BCUT2D eigenvalue weighted by Gasteiger charge is 2.12. The first-order valence-electron chi connectivity index (χ1n) is 6.70. The Morgan fingerprint density at radius 2 is 1.95 bits per heavy atom. The van der Waals surface area contributed by atoms with Crippen molar-refractivity contribution in [3.05, 3.63) is 59.9 Å². The zero-order valence-electron chi connectivity index (χ0n) is 11.9. The molecule has 0 aromatic heterocycles. The lowest BCUT2D eigenvalue weighted by Crippen LogP contribution is -2.21. The van der Waals surface area contributed by atoms with Crippen LogP contribution in [-0.2, 0) is 4.74 Å². The maximum absolute atomic E-state index is 13.1. The lowest BCUT2D eigenvalue weighted by molar-refractivity contribution is 0.0527. The number of para-hydroxylation sites is 1. The third-order valence-electron chi connectivity index (χ3n) is 2.75. The van der Waals surface area contributed by atoms with Crippen LogP contribution in [0.4, 0.5) is 15.8 Å². The molecule has 22 heavy (non-hydrogen) atoms. The molecule has 0 heterocycles. The third-order valence-corrected chi connectivity index (χ3v) is 2.96. The molecule has 0 amide bonds. The van der Waals surface area contributed by atoms with Crippen LogP contribution in [0.1, 0.15) is 17.3 Å². The molecule has 0 aliphatic rings. The number of thiocarbonyl (C=S) groups is 1. The quantitative estimate of drug-likeness (QED) is 0.663. The fourth-order valence-electron chi connectivity index (χ4n) is 1.83. The van der Waals surface area contributed by atoms with Crippen LogP contribution >= 0.6 is 12.2 Å². The van der Waals surface area contributed by atoms with Gasteiger partial charge in [0.15, 0.2) is 5.11 Å². The van der Waals surface area contributed by atoms with E-state index in [1.807, 2.05) is 0 Å². The van der Waals surface area contributed by atoms with E-state index in [0.717, 1.165) is 0 Å². The number of nitrogens with one attached hydrogen (secondary N) is 2. The molecule has 2 aromatic rings. The lowest BCUT2D eigenvalue weighted by Gasteiger charge is -2.13. The van der Waals surface area contributed by atoms with Crippen molar-refractivity contribution in [3.8, 4) is 0 Å². The van der Waals surface area contributed by atoms with E-state index >= 15 is 0 Å². The molecule has 114 valence electrons. The summed E-state index contributed by atoms with van der Waals surface area (Å²) in [6.07, 6.45) is 0. The standard InChI is InChI=1S/C16H15FN2O2S/c1-2-21-15(20)13-8-3-4-9-14(13)19-16(22)18-12-7-5-6-11(17)10-12/h3-10H,2H2,1H3,(H2,18,19,22). The van der Waals surface area contributed by atoms with Gasteiger partial charge in [0.05, 0.1) is 17.9 Å². The molecule has 0 aliphatic heterocycles. The maximum Gasteiger partial charge on any atom is 0.340 e. The van der Waals surface area contributed by atoms with Gasteiger partial charge in [0.2, 0.25) is 0 Å². The van der Waals surface area contributed by atoms with Crippen LogP contribution in [0, 0.1) is 5.82 Å². The van der Waals surface area contributed by atoms with Crippen molar-refractivity contribution in [2.45, 2.75) is 6.92 Å². The van der Waals surface area contributed by atoms with E-state index in [9.17, 15) is 9.18 Å². The van der Waals surface area contributed by atoms with Gasteiger partial charge in [-0.2, -0.15) is 0 Å². The van der Waals surface area contributed by atoms with E-state index in [1.165, 1.54) is 12.1 Å². The summed E-state index contributed by atoms with van der Waals surface area (Å²) in [4.78, 5) is 11.9. The molecule has 2 N–H and O–H groups in total. The largest absolute Gasteiger partial charge is 0.462 e. The van der Waals surface area contributed by atoms with Gasteiger partial charge in [0.1, 0.15) is 5.82 Å². The second-order valence-electron chi connectivity index (χ2n) is 4.36. The van der Waals surface area contributed by atoms with E-state index in [0.29, 0.717) is 23.5 Å². The number of hydrogen-bond donors (Lipinski definition) is 2. The number of rotatable bonds is 4. The zero-order valence-corrected chi connectivity index (χ0v) is 12.7. The molecule has 0 saturated heterocycles. The molecule has 0 saturated carbocycles. The lowest BCUT2D eigenvalue weighted by atomic mass is 10.2. The van der Waals surface area contributed by atoms with Crippen molar-refractivity contribution in [3.63, 3.8) is 0 Å². The third kappa shape index (κ3) is 4.26. The first-order valence-corrected chi connectivity index (χ1v) is 7.10. The van der Waals surface area contributed by atoms with E-state index < -0.39 is 5.97 Å². The van der Waals surface area contributed by atoms with Crippen LogP contribution in [-0.4, -0.2) is 17.7 Å². The number of halogens is 1. The average Bonchev–Trinajstić information content (AvgIpc) is 2.48. The second-order valence-corrected chi connectivity index (χ2v) is 4.76. The molecule has 0 bridgehead atoms. The smallest absolute Gasteiger partial charge is 0.340 e. The Kier molecular flexibility index (Phi) is 5.43. The molecule has 0 fully saturated rings. The van der Waals surface area contributed by atoms with Gasteiger partial charge < -0.3 is 15.4 Å². The van der Waals surface area contributed by atoms with Gasteiger partial charge in [0.25, 0.3) is 0 Å². The van der Waals surface area contributed by atoms with Gasteiger partial charge in [0, 0.05) is 5.69 Å². The molecule has 0 aliphatic carbocycles. The number of esters is 1. The monoisotopic (exact) mass is 318 g/mol. The van der Waals surface area contributed by atoms with Crippen LogP contribution in [0.3, 0.4) is 0 Å². The number of ether oxygens (including phenoxy) is 1. The van der Waals surface area contributed by atoms with Crippen molar-refractivity contribution in [1.29, 1.82) is 0 Å². The Hall–Kier alpha value is -2.47. The summed E-state index contributed by atoms with van der Waals surface area (Å²) in [5.41, 5.74) is 1.42. The summed E-state index contributed by atoms with van der Waals surface area (Å²) in [5, 5.41) is 6.02. The van der Waals surface area contributed by atoms with Gasteiger partial charge in [-0.25, -0.2) is 9.18 Å². The predicted molar refractivity (Wildman–Crippen MR) is 88.6 cm³/mol. The summed E-state index contributed by atoms with van der Waals surface area (Å²) in [6.45, 7) is 2.03. The Balaban J connectivity index is 2.10. The molecule has 0 spiro atoms. The summed E-state index contributed by atoms with van der Waals surface area (Å²) >= 11 is 5.18. The van der Waals surface area contributed by atoms with Gasteiger partial charge in [-0.3, -0.25) is 0 Å². The second kappa shape index (κ2) is 7.51. The fraction of sp³-hybridized carbons (Fsp3) is 0.125. The number of benzene rings is 2. The van der Waals surface area contributed by atoms with Crippen LogP contribution in [0.2, 0.25) is 0 Å². The average molecular weight is 318 g/mol. The van der Waals surface area contributed by atoms with E-state index in [4.69, 9.17) is 17.0 Å². The Morgan fingerprint density at radius 3 is 2.68 bits per heavy atom. The van der Waals surface area contributed by atoms with E-state index in [2.05, 4.69) is 10.6 Å². The highest BCUT2D eigenvalue weighted by Crippen LogP contribution is 2.17. The van der Waals surface area contributed by atoms with Crippen LogP contribution in [0.15, 0.2) is 48.5 Å². The minimum Gasteiger partial charge on any atom is -0.462 e. The first kappa shape index (κ1) is 15.9. The van der Waals surface area contributed by atoms with Crippen LogP contribution in [0.5, 0.6) is 0 Å². The Morgan fingerprint density at radius 1 is 1.18 bits per heavy atom. The van der Waals surface area contributed by atoms with Gasteiger partial charge in [-0.1, -0.05) is 18.2 Å². The van der Waals surface area contributed by atoms with Gasteiger partial charge in [-0.05, 0) is 49.5 Å². The van der Waals surface area contributed by atoms with Crippen molar-refractivity contribution in [2.24, 2.45) is 0 Å². The van der Waals surface area contributed by atoms with Gasteiger partial charge >= 0.3 is 5.97 Å². The Bertz CT molecular complexity index is 691. The number of carbonyl (C=O) groups excluding carboxylic acids is 1. The summed E-state index contributed by atoms with van der Waals surface area (Å²) < 4.78 is 18.1. The molecular weight excluding hydrogens is 303 g/mol.